The lowest BCUT2D eigenvalue weighted by Crippen LogP contribution is -2.48. The first-order valence-corrected chi connectivity index (χ1v) is 7.81. The van der Waals surface area contributed by atoms with Gasteiger partial charge in [0.15, 0.2) is 6.29 Å². The fourth-order valence-electron chi connectivity index (χ4n) is 3.41. The Bertz CT molecular complexity index is 242. The fourth-order valence-corrected chi connectivity index (χ4v) is 3.41. The maximum Gasteiger partial charge on any atom is 0.170 e. The Labute approximate surface area is 117 Å². The van der Waals surface area contributed by atoms with Crippen molar-refractivity contribution in [2.45, 2.75) is 45.8 Å². The van der Waals surface area contributed by atoms with Crippen LogP contribution in [0.4, 0.5) is 0 Å². The number of rotatable bonds is 6. The zero-order valence-corrected chi connectivity index (χ0v) is 12.5. The second-order valence-corrected chi connectivity index (χ2v) is 5.79. The van der Waals surface area contributed by atoms with Crippen molar-refractivity contribution in [1.82, 2.24) is 4.90 Å². The van der Waals surface area contributed by atoms with Gasteiger partial charge in [-0.3, -0.25) is 4.90 Å². The number of piperidine rings is 1. The Kier molecular flexibility index (Phi) is 6.07. The lowest BCUT2D eigenvalue weighted by molar-refractivity contribution is -0.154. The Morgan fingerprint density at radius 1 is 1.11 bits per heavy atom. The van der Waals surface area contributed by atoms with Crippen LogP contribution >= 0.6 is 0 Å². The van der Waals surface area contributed by atoms with E-state index in [-0.39, 0.29) is 6.29 Å². The third kappa shape index (κ3) is 4.42. The molecule has 2 rings (SSSR count). The maximum absolute atomic E-state index is 5.67. The van der Waals surface area contributed by atoms with Crippen LogP contribution in [0.1, 0.15) is 39.5 Å². The topological polar surface area (TPSA) is 30.9 Å². The molecule has 0 bridgehead atoms. The van der Waals surface area contributed by atoms with E-state index in [0.717, 1.165) is 33.0 Å². The first-order chi connectivity index (χ1) is 9.28. The molecule has 112 valence electrons. The minimum atomic E-state index is -0.0648. The summed E-state index contributed by atoms with van der Waals surface area (Å²) in [5.41, 5.74) is 0.499. The van der Waals surface area contributed by atoms with E-state index in [9.17, 15) is 0 Å². The van der Waals surface area contributed by atoms with Gasteiger partial charge in [0, 0.05) is 39.5 Å². The molecule has 19 heavy (non-hydrogen) atoms. The number of likely N-dealkylation sites (tertiary alicyclic amines) is 1. The summed E-state index contributed by atoms with van der Waals surface area (Å²) >= 11 is 0. The third-order valence-corrected chi connectivity index (χ3v) is 4.41. The number of nitrogens with zero attached hydrogens (tertiary/aromatic N) is 1. The Balaban J connectivity index is 1.85. The van der Waals surface area contributed by atoms with E-state index in [2.05, 4.69) is 4.90 Å². The highest BCUT2D eigenvalue weighted by molar-refractivity contribution is 4.89. The summed E-state index contributed by atoms with van der Waals surface area (Å²) in [4.78, 5) is 2.53. The Morgan fingerprint density at radius 2 is 1.79 bits per heavy atom. The minimum absolute atomic E-state index is 0.0648. The third-order valence-electron chi connectivity index (χ3n) is 4.41. The molecule has 2 aliphatic heterocycles. The zero-order chi connectivity index (χ0) is 13.6. The lowest BCUT2D eigenvalue weighted by Gasteiger charge is -2.45. The lowest BCUT2D eigenvalue weighted by atomic mass is 9.74. The second kappa shape index (κ2) is 7.58. The van der Waals surface area contributed by atoms with Crippen molar-refractivity contribution in [2.75, 3.05) is 46.1 Å². The highest BCUT2D eigenvalue weighted by Crippen LogP contribution is 2.39. The minimum Gasteiger partial charge on any atom is -0.381 e. The summed E-state index contributed by atoms with van der Waals surface area (Å²) in [6.07, 6.45) is 5.03. The molecule has 4 heteroatoms. The van der Waals surface area contributed by atoms with Crippen LogP contribution in [-0.2, 0) is 14.2 Å². The smallest absolute Gasteiger partial charge is 0.170 e. The summed E-state index contributed by atoms with van der Waals surface area (Å²) in [5.74, 6) is 0. The van der Waals surface area contributed by atoms with E-state index in [4.69, 9.17) is 14.2 Å². The first-order valence-electron chi connectivity index (χ1n) is 7.81. The molecule has 2 heterocycles. The van der Waals surface area contributed by atoms with Gasteiger partial charge in [-0.2, -0.15) is 0 Å². The second-order valence-electron chi connectivity index (χ2n) is 5.79. The average Bonchev–Trinajstić information content (AvgIpc) is 2.40. The molecule has 1 spiro atoms. The van der Waals surface area contributed by atoms with Gasteiger partial charge in [0.1, 0.15) is 0 Å². The van der Waals surface area contributed by atoms with Crippen molar-refractivity contribution in [2.24, 2.45) is 5.41 Å². The molecule has 0 atom stereocenters. The Hall–Kier alpha value is -0.160. The first kappa shape index (κ1) is 15.2. The van der Waals surface area contributed by atoms with E-state index in [1.165, 1.54) is 38.8 Å². The average molecular weight is 271 g/mol. The van der Waals surface area contributed by atoms with Gasteiger partial charge in [0.05, 0.1) is 0 Å². The molecule has 0 aliphatic carbocycles. The molecule has 2 saturated heterocycles. The van der Waals surface area contributed by atoms with Crippen molar-refractivity contribution in [3.8, 4) is 0 Å². The monoisotopic (exact) mass is 271 g/mol. The van der Waals surface area contributed by atoms with Crippen LogP contribution in [-0.4, -0.2) is 57.3 Å². The normalized spacial score (nSPS) is 24.2. The molecular weight excluding hydrogens is 242 g/mol. The molecule has 2 fully saturated rings. The van der Waals surface area contributed by atoms with Crippen LogP contribution in [0.5, 0.6) is 0 Å². The summed E-state index contributed by atoms with van der Waals surface area (Å²) in [7, 11) is 0. The van der Waals surface area contributed by atoms with Crippen molar-refractivity contribution in [3.63, 3.8) is 0 Å². The largest absolute Gasteiger partial charge is 0.381 e. The van der Waals surface area contributed by atoms with E-state index in [0.29, 0.717) is 5.41 Å². The van der Waals surface area contributed by atoms with Crippen molar-refractivity contribution >= 4 is 0 Å². The van der Waals surface area contributed by atoms with Crippen LogP contribution in [0.2, 0.25) is 0 Å². The highest BCUT2D eigenvalue weighted by atomic mass is 16.7. The molecule has 0 saturated carbocycles. The van der Waals surface area contributed by atoms with Gasteiger partial charge in [-0.05, 0) is 51.5 Å². The van der Waals surface area contributed by atoms with Gasteiger partial charge in [-0.15, -0.1) is 0 Å². The fraction of sp³-hybridized carbons (Fsp3) is 1.00. The Morgan fingerprint density at radius 3 is 2.42 bits per heavy atom. The standard InChI is InChI=1S/C15H29NO3/c1-3-18-14(19-4-2)12-16-9-5-6-15(13-16)7-10-17-11-8-15/h14H,3-13H2,1-2H3. The van der Waals surface area contributed by atoms with Gasteiger partial charge < -0.3 is 14.2 Å². The summed E-state index contributed by atoms with van der Waals surface area (Å²) in [6.45, 7) is 10.7. The van der Waals surface area contributed by atoms with Crippen molar-refractivity contribution in [3.05, 3.63) is 0 Å². The predicted molar refractivity (Wildman–Crippen MR) is 75.2 cm³/mol. The summed E-state index contributed by atoms with van der Waals surface area (Å²) in [6, 6.07) is 0. The highest BCUT2D eigenvalue weighted by Gasteiger charge is 2.37. The van der Waals surface area contributed by atoms with Crippen LogP contribution in [0, 0.1) is 5.41 Å². The van der Waals surface area contributed by atoms with Crippen LogP contribution in [0.3, 0.4) is 0 Å². The molecule has 0 radical (unpaired) electrons. The van der Waals surface area contributed by atoms with Crippen molar-refractivity contribution < 1.29 is 14.2 Å². The van der Waals surface area contributed by atoms with Crippen LogP contribution < -0.4 is 0 Å². The van der Waals surface area contributed by atoms with E-state index in [1.54, 1.807) is 0 Å². The quantitative estimate of drug-likeness (QED) is 0.694. The molecule has 0 N–H and O–H groups in total. The van der Waals surface area contributed by atoms with Gasteiger partial charge in [-0.1, -0.05) is 0 Å². The molecule has 0 aromatic heterocycles. The zero-order valence-electron chi connectivity index (χ0n) is 12.5. The molecule has 4 nitrogen and oxygen atoms in total. The summed E-state index contributed by atoms with van der Waals surface area (Å²) in [5, 5.41) is 0. The predicted octanol–water partition coefficient (Wildman–Crippen LogP) is 2.28. The van der Waals surface area contributed by atoms with E-state index >= 15 is 0 Å². The van der Waals surface area contributed by atoms with Gasteiger partial charge in [0.2, 0.25) is 0 Å². The molecule has 0 aromatic rings. The van der Waals surface area contributed by atoms with Gasteiger partial charge in [0.25, 0.3) is 0 Å². The molecule has 0 unspecified atom stereocenters. The summed E-state index contributed by atoms with van der Waals surface area (Å²) < 4.78 is 16.9. The molecular formula is C15H29NO3. The van der Waals surface area contributed by atoms with E-state index < -0.39 is 0 Å². The van der Waals surface area contributed by atoms with E-state index in [1.807, 2.05) is 13.8 Å². The van der Waals surface area contributed by atoms with Crippen LogP contribution in [0.15, 0.2) is 0 Å². The molecule has 2 aliphatic rings. The SMILES string of the molecule is CCOC(CN1CCCC2(CCOCC2)C1)OCC. The number of hydrogen-bond donors (Lipinski definition) is 0. The number of ether oxygens (including phenoxy) is 3. The van der Waals surface area contributed by atoms with Gasteiger partial charge >= 0.3 is 0 Å². The number of hydrogen-bond acceptors (Lipinski definition) is 4. The van der Waals surface area contributed by atoms with Crippen molar-refractivity contribution in [1.29, 1.82) is 0 Å². The van der Waals surface area contributed by atoms with Crippen LogP contribution in [0.25, 0.3) is 0 Å². The maximum atomic E-state index is 5.67. The molecule has 0 aromatic carbocycles. The van der Waals surface area contributed by atoms with Gasteiger partial charge in [-0.25, -0.2) is 0 Å². The molecule has 0 amide bonds.